The average Bonchev–Trinajstić information content (AvgIpc) is 2.67. The Morgan fingerprint density at radius 1 is 0.679 bits per heavy atom. The van der Waals surface area contributed by atoms with Gasteiger partial charge in [-0.1, -0.05) is 101 Å². The summed E-state index contributed by atoms with van der Waals surface area (Å²) in [5, 5.41) is 5.53. The van der Waals surface area contributed by atoms with Crippen LogP contribution in [-0.4, -0.2) is 13.0 Å². The molecule has 28 heavy (non-hydrogen) atoms. The molecule has 4 aromatic carbocycles. The van der Waals surface area contributed by atoms with Crippen LogP contribution >= 0.6 is 15.9 Å². The molecule has 0 aromatic heterocycles. The molecule has 0 N–H and O–H groups in total. The summed E-state index contributed by atoms with van der Waals surface area (Å²) >= 11 is 3.44. The zero-order valence-electron chi connectivity index (χ0n) is 15.5. The predicted octanol–water partition coefficient (Wildman–Crippen LogP) is 2.62. The second kappa shape index (κ2) is 10.5. The van der Waals surface area contributed by atoms with Gasteiger partial charge in [-0.3, -0.25) is 0 Å². The third-order valence-corrected chi connectivity index (χ3v) is 5.46. The van der Waals surface area contributed by atoms with Gasteiger partial charge in [-0.05, 0) is 32.7 Å². The van der Waals surface area contributed by atoms with Gasteiger partial charge in [0.05, 0.1) is 15.9 Å². The number of hydrogen-bond donors (Lipinski definition) is 0. The Morgan fingerprint density at radius 3 is 1.57 bits per heavy atom. The normalized spacial score (nSPS) is 10.8. The molecule has 4 rings (SSSR count). The van der Waals surface area contributed by atoms with Crippen molar-refractivity contribution in [2.24, 2.45) is 0 Å². The molecule has 0 atom stereocenters. The van der Waals surface area contributed by atoms with Gasteiger partial charge in [-0.25, -0.2) is 8.42 Å². The molecule has 0 unspecified atom stereocenters. The summed E-state index contributed by atoms with van der Waals surface area (Å²) in [4.78, 5) is 0. The Kier molecular flexibility index (Phi) is 8.68. The topological polar surface area (TPSA) is 57.2 Å². The van der Waals surface area contributed by atoms with E-state index in [2.05, 4.69) is 58.4 Å². The summed E-state index contributed by atoms with van der Waals surface area (Å²) in [6, 6.07) is 27.7. The first-order valence-corrected chi connectivity index (χ1v) is 11.1. The van der Waals surface area contributed by atoms with Gasteiger partial charge >= 0.3 is 29.6 Å². The summed E-state index contributed by atoms with van der Waals surface area (Å²) in [6.07, 6.45) is 0. The van der Waals surface area contributed by atoms with Crippen LogP contribution in [0.3, 0.4) is 0 Å². The fourth-order valence-electron chi connectivity index (χ4n) is 2.85. The summed E-state index contributed by atoms with van der Waals surface area (Å²) in [5.74, 6) is -0.447. The molecule has 0 fully saturated rings. The minimum absolute atomic E-state index is 0. The predicted molar refractivity (Wildman–Crippen MR) is 114 cm³/mol. The number of hydrogen-bond acceptors (Lipinski definition) is 3. The summed E-state index contributed by atoms with van der Waals surface area (Å²) in [6.45, 7) is 0. The van der Waals surface area contributed by atoms with Gasteiger partial charge in [0.2, 0.25) is 0 Å². The second-order valence-corrected chi connectivity index (χ2v) is 8.16. The first-order chi connectivity index (χ1) is 12.9. The first kappa shape index (κ1) is 23.1. The van der Waals surface area contributed by atoms with Crippen LogP contribution in [0.25, 0.3) is 21.5 Å². The van der Waals surface area contributed by atoms with Crippen LogP contribution in [0.5, 0.6) is 0 Å². The molecule has 6 heteroatoms. The van der Waals surface area contributed by atoms with Crippen molar-refractivity contribution in [3.05, 3.63) is 96.1 Å². The summed E-state index contributed by atoms with van der Waals surface area (Å²) in [5.41, 5.74) is 1.86. The van der Waals surface area contributed by atoms with Gasteiger partial charge in [-0.2, -0.15) is 0 Å². The number of alkyl halides is 1. The van der Waals surface area contributed by atoms with E-state index < -0.39 is 15.9 Å². The van der Waals surface area contributed by atoms with E-state index in [0.717, 1.165) is 16.1 Å². The molecular weight excluding hydrogens is 447 g/mol. The third-order valence-electron chi connectivity index (χ3n) is 4.13. The molecular formula is C22H18BrNaO3S. The van der Waals surface area contributed by atoms with E-state index in [-0.39, 0.29) is 29.6 Å². The van der Waals surface area contributed by atoms with Crippen molar-refractivity contribution >= 4 is 47.6 Å². The SMILES string of the molecule is BrCc1ccc2ccccc2c1.O=S(=O)([O-])Cc1ccc2ccccc2c1.[Na+]. The zero-order valence-corrected chi connectivity index (χ0v) is 19.9. The fraction of sp³-hybridized carbons (Fsp3) is 0.0909. The molecule has 0 aliphatic heterocycles. The molecule has 0 spiro atoms. The quantitative estimate of drug-likeness (QED) is 0.266. The van der Waals surface area contributed by atoms with Gasteiger partial charge in [-0.15, -0.1) is 0 Å². The molecule has 3 nitrogen and oxygen atoms in total. The van der Waals surface area contributed by atoms with Crippen LogP contribution in [0.15, 0.2) is 84.9 Å². The van der Waals surface area contributed by atoms with Crippen molar-refractivity contribution in [1.82, 2.24) is 0 Å². The van der Waals surface area contributed by atoms with E-state index in [1.54, 1.807) is 12.1 Å². The van der Waals surface area contributed by atoms with Crippen LogP contribution in [0.1, 0.15) is 11.1 Å². The summed E-state index contributed by atoms with van der Waals surface area (Å²) < 4.78 is 31.7. The molecule has 0 bridgehead atoms. The maximum Gasteiger partial charge on any atom is 1.00 e. The average molecular weight is 465 g/mol. The van der Waals surface area contributed by atoms with Gasteiger partial charge in [0.25, 0.3) is 0 Å². The number of fused-ring (bicyclic) bond motifs is 2. The standard InChI is InChI=1S/C11H9Br.C11H10O3S.Na/c12-8-9-5-6-10-3-1-2-4-11(10)7-9;12-15(13,14)8-9-5-6-10-3-1-2-4-11(10)7-9;/h1-7H,8H2;1-7H,8H2,(H,12,13,14);/q;;+1/p-1. The van der Waals surface area contributed by atoms with Crippen molar-refractivity contribution in [1.29, 1.82) is 0 Å². The van der Waals surface area contributed by atoms with Crippen molar-refractivity contribution in [2.75, 3.05) is 0 Å². The van der Waals surface area contributed by atoms with E-state index in [4.69, 9.17) is 0 Å². The van der Waals surface area contributed by atoms with Gasteiger partial charge in [0.1, 0.15) is 0 Å². The van der Waals surface area contributed by atoms with Crippen molar-refractivity contribution < 1.29 is 42.5 Å². The van der Waals surface area contributed by atoms with E-state index >= 15 is 0 Å². The van der Waals surface area contributed by atoms with Crippen molar-refractivity contribution in [3.63, 3.8) is 0 Å². The molecule has 138 valence electrons. The third kappa shape index (κ3) is 6.69. The summed E-state index contributed by atoms with van der Waals surface area (Å²) in [7, 11) is -4.20. The van der Waals surface area contributed by atoms with Crippen LogP contribution in [0, 0.1) is 0 Å². The number of rotatable bonds is 3. The fourth-order valence-corrected chi connectivity index (χ4v) is 3.79. The van der Waals surface area contributed by atoms with E-state index in [1.807, 2.05) is 30.3 Å². The molecule has 0 radical (unpaired) electrons. The Hall–Kier alpha value is -1.21. The van der Waals surface area contributed by atoms with Crippen LogP contribution < -0.4 is 29.6 Å². The molecule has 0 saturated carbocycles. The van der Waals surface area contributed by atoms with Gasteiger partial charge in [0, 0.05) is 5.33 Å². The maximum absolute atomic E-state index is 10.6. The van der Waals surface area contributed by atoms with Gasteiger partial charge in [0.15, 0.2) is 0 Å². The number of halogens is 1. The van der Waals surface area contributed by atoms with E-state index in [1.165, 1.54) is 16.3 Å². The van der Waals surface area contributed by atoms with E-state index in [9.17, 15) is 13.0 Å². The Bertz CT molecular complexity index is 1180. The minimum Gasteiger partial charge on any atom is -0.748 e. The van der Waals surface area contributed by atoms with Crippen LogP contribution in [0.4, 0.5) is 0 Å². The Labute approximate surface area is 195 Å². The Balaban J connectivity index is 0.000000198. The molecule has 0 amide bonds. The number of benzene rings is 4. The molecule has 0 saturated heterocycles. The monoisotopic (exact) mass is 464 g/mol. The van der Waals surface area contributed by atoms with Gasteiger partial charge < -0.3 is 4.55 Å². The molecule has 0 aliphatic rings. The first-order valence-electron chi connectivity index (χ1n) is 8.39. The molecule has 0 aliphatic carbocycles. The largest absolute Gasteiger partial charge is 1.00 e. The zero-order chi connectivity index (χ0) is 19.3. The van der Waals surface area contributed by atoms with Crippen molar-refractivity contribution in [2.45, 2.75) is 11.1 Å². The molecule has 4 aromatic rings. The maximum atomic E-state index is 10.6. The van der Waals surface area contributed by atoms with E-state index in [0.29, 0.717) is 5.56 Å². The van der Waals surface area contributed by atoms with Crippen molar-refractivity contribution in [3.8, 4) is 0 Å². The van der Waals surface area contributed by atoms with Crippen LogP contribution in [0.2, 0.25) is 0 Å². The smallest absolute Gasteiger partial charge is 0.748 e. The minimum atomic E-state index is -4.20. The Morgan fingerprint density at radius 2 is 1.11 bits per heavy atom. The van der Waals surface area contributed by atoms with Crippen LogP contribution in [-0.2, 0) is 21.2 Å². The second-order valence-electron chi connectivity index (χ2n) is 6.20. The molecule has 0 heterocycles.